The van der Waals surface area contributed by atoms with Crippen molar-refractivity contribution in [2.24, 2.45) is 5.92 Å². The first-order chi connectivity index (χ1) is 6.23. The normalized spacial score (nSPS) is 32.4. The zero-order valence-electron chi connectivity index (χ0n) is 8.36. The van der Waals surface area contributed by atoms with Crippen LogP contribution in [0.1, 0.15) is 26.2 Å². The third kappa shape index (κ3) is 2.42. The lowest BCUT2D eigenvalue weighted by Crippen LogP contribution is -2.37. The van der Waals surface area contributed by atoms with Gasteiger partial charge in [-0.2, -0.15) is 0 Å². The Morgan fingerprint density at radius 1 is 1.46 bits per heavy atom. The van der Waals surface area contributed by atoms with Crippen LogP contribution < -0.4 is 0 Å². The molecule has 0 heterocycles. The smallest absolute Gasteiger partial charge is 0.191 e. The van der Waals surface area contributed by atoms with Crippen molar-refractivity contribution >= 4 is 0 Å². The Balaban J connectivity index is 2.60. The molecule has 0 fully saturated rings. The molecule has 2 atom stereocenters. The van der Waals surface area contributed by atoms with Crippen LogP contribution in [0.4, 0.5) is 0 Å². The molecule has 0 spiro atoms. The Morgan fingerprint density at radius 2 is 2.23 bits per heavy atom. The van der Waals surface area contributed by atoms with Crippen molar-refractivity contribution in [2.45, 2.75) is 32.0 Å². The fourth-order valence-electron chi connectivity index (χ4n) is 1.60. The van der Waals surface area contributed by atoms with Gasteiger partial charge in [-0.1, -0.05) is 38.0 Å². The van der Waals surface area contributed by atoms with Crippen LogP contribution in [0.2, 0.25) is 0 Å². The standard InChI is InChI=1S/C11H18O2/c1-3-4-7-10-8-5-6-9-11(10,12)13-2/h5-6,8-10,12H,3-4,7H2,1-2H3. The second-order valence-electron chi connectivity index (χ2n) is 3.45. The number of hydrogen-bond donors (Lipinski definition) is 1. The van der Waals surface area contributed by atoms with E-state index in [4.69, 9.17) is 4.74 Å². The molecule has 0 radical (unpaired) electrons. The number of aliphatic hydroxyl groups is 1. The molecule has 0 saturated carbocycles. The van der Waals surface area contributed by atoms with Gasteiger partial charge >= 0.3 is 0 Å². The predicted octanol–water partition coefficient (Wildman–Crippen LogP) is 2.25. The molecule has 0 aromatic carbocycles. The molecule has 1 rings (SSSR count). The molecule has 0 amide bonds. The molecule has 2 nitrogen and oxygen atoms in total. The fourth-order valence-corrected chi connectivity index (χ4v) is 1.60. The highest BCUT2D eigenvalue weighted by molar-refractivity contribution is 5.18. The van der Waals surface area contributed by atoms with Crippen molar-refractivity contribution in [1.82, 2.24) is 0 Å². The zero-order chi connectivity index (χ0) is 9.73. The molecule has 0 aromatic rings. The van der Waals surface area contributed by atoms with Gasteiger partial charge in [0.05, 0.1) is 0 Å². The van der Waals surface area contributed by atoms with Crippen LogP contribution in [0.25, 0.3) is 0 Å². The molecule has 0 aliphatic heterocycles. The number of hydrogen-bond acceptors (Lipinski definition) is 2. The van der Waals surface area contributed by atoms with E-state index in [1.807, 2.05) is 18.2 Å². The minimum atomic E-state index is -1.08. The summed E-state index contributed by atoms with van der Waals surface area (Å²) in [7, 11) is 1.54. The van der Waals surface area contributed by atoms with Gasteiger partial charge in [0, 0.05) is 13.0 Å². The van der Waals surface area contributed by atoms with Crippen molar-refractivity contribution in [1.29, 1.82) is 0 Å². The van der Waals surface area contributed by atoms with Crippen LogP contribution in [0.15, 0.2) is 24.3 Å². The molecule has 74 valence electrons. The number of methoxy groups -OCH3 is 1. The Morgan fingerprint density at radius 3 is 2.85 bits per heavy atom. The van der Waals surface area contributed by atoms with E-state index in [0.29, 0.717) is 0 Å². The van der Waals surface area contributed by atoms with Gasteiger partial charge in [0.1, 0.15) is 0 Å². The second-order valence-corrected chi connectivity index (χ2v) is 3.45. The van der Waals surface area contributed by atoms with Crippen molar-refractivity contribution < 1.29 is 9.84 Å². The maximum absolute atomic E-state index is 10.0. The van der Waals surface area contributed by atoms with Crippen molar-refractivity contribution in [3.05, 3.63) is 24.3 Å². The van der Waals surface area contributed by atoms with Crippen molar-refractivity contribution in [2.75, 3.05) is 7.11 Å². The number of ether oxygens (including phenoxy) is 1. The average Bonchev–Trinajstić information content (AvgIpc) is 2.17. The van der Waals surface area contributed by atoms with Crippen LogP contribution in [0.5, 0.6) is 0 Å². The summed E-state index contributed by atoms with van der Waals surface area (Å²) < 4.78 is 5.11. The van der Waals surface area contributed by atoms with Crippen LogP contribution in [0, 0.1) is 5.92 Å². The Bertz CT molecular complexity index is 208. The molecule has 1 N–H and O–H groups in total. The summed E-state index contributed by atoms with van der Waals surface area (Å²) in [5.41, 5.74) is 0. The highest BCUT2D eigenvalue weighted by Gasteiger charge is 2.33. The van der Waals surface area contributed by atoms with E-state index in [-0.39, 0.29) is 5.92 Å². The zero-order valence-corrected chi connectivity index (χ0v) is 8.36. The van der Waals surface area contributed by atoms with E-state index in [9.17, 15) is 5.11 Å². The molecular weight excluding hydrogens is 164 g/mol. The number of unbranched alkanes of at least 4 members (excludes halogenated alkanes) is 1. The second kappa shape index (κ2) is 4.58. The van der Waals surface area contributed by atoms with E-state index >= 15 is 0 Å². The average molecular weight is 182 g/mol. The van der Waals surface area contributed by atoms with Crippen LogP contribution in [0.3, 0.4) is 0 Å². The van der Waals surface area contributed by atoms with Gasteiger partial charge in [0.15, 0.2) is 5.79 Å². The van der Waals surface area contributed by atoms with Gasteiger partial charge in [0.25, 0.3) is 0 Å². The monoisotopic (exact) mass is 182 g/mol. The first kappa shape index (κ1) is 10.5. The fraction of sp³-hybridized carbons (Fsp3) is 0.636. The molecular formula is C11H18O2. The van der Waals surface area contributed by atoms with Crippen LogP contribution in [-0.2, 0) is 4.74 Å². The number of allylic oxidation sites excluding steroid dienone is 2. The van der Waals surface area contributed by atoms with E-state index in [0.717, 1.165) is 19.3 Å². The van der Waals surface area contributed by atoms with Crippen molar-refractivity contribution in [3.63, 3.8) is 0 Å². The van der Waals surface area contributed by atoms with E-state index < -0.39 is 5.79 Å². The molecule has 1 aliphatic rings. The summed E-state index contributed by atoms with van der Waals surface area (Å²) >= 11 is 0. The third-order valence-corrected chi connectivity index (χ3v) is 2.52. The van der Waals surface area contributed by atoms with Gasteiger partial charge in [0.2, 0.25) is 0 Å². The molecule has 2 heteroatoms. The first-order valence-corrected chi connectivity index (χ1v) is 4.86. The summed E-state index contributed by atoms with van der Waals surface area (Å²) in [4.78, 5) is 0. The Labute approximate surface area is 79.9 Å². The maximum Gasteiger partial charge on any atom is 0.191 e. The third-order valence-electron chi connectivity index (χ3n) is 2.52. The summed E-state index contributed by atoms with van der Waals surface area (Å²) in [5.74, 6) is -0.980. The lowest BCUT2D eigenvalue weighted by molar-refractivity contribution is -0.174. The van der Waals surface area contributed by atoms with Gasteiger partial charge in [-0.15, -0.1) is 0 Å². The van der Waals surface area contributed by atoms with Crippen LogP contribution >= 0.6 is 0 Å². The SMILES string of the molecule is CCCCC1C=CC=CC1(O)OC. The molecule has 2 unspecified atom stereocenters. The Kier molecular flexibility index (Phi) is 3.70. The highest BCUT2D eigenvalue weighted by atomic mass is 16.6. The minimum Gasteiger partial charge on any atom is -0.362 e. The summed E-state index contributed by atoms with van der Waals surface area (Å²) in [5, 5.41) is 10.0. The lowest BCUT2D eigenvalue weighted by atomic mass is 9.89. The topological polar surface area (TPSA) is 29.5 Å². The Hall–Kier alpha value is -0.600. The molecule has 13 heavy (non-hydrogen) atoms. The number of rotatable bonds is 4. The molecule has 1 aliphatic carbocycles. The van der Waals surface area contributed by atoms with Gasteiger partial charge < -0.3 is 9.84 Å². The highest BCUT2D eigenvalue weighted by Crippen LogP contribution is 2.29. The van der Waals surface area contributed by atoms with Crippen molar-refractivity contribution in [3.8, 4) is 0 Å². The maximum atomic E-state index is 10.0. The van der Waals surface area contributed by atoms with Gasteiger partial charge in [-0.25, -0.2) is 0 Å². The summed E-state index contributed by atoms with van der Waals surface area (Å²) in [6.07, 6.45) is 10.8. The molecule has 0 bridgehead atoms. The molecule has 0 aromatic heterocycles. The largest absolute Gasteiger partial charge is 0.362 e. The van der Waals surface area contributed by atoms with E-state index in [1.54, 1.807) is 13.2 Å². The van der Waals surface area contributed by atoms with Gasteiger partial charge in [-0.05, 0) is 12.5 Å². The van der Waals surface area contributed by atoms with E-state index in [2.05, 4.69) is 6.92 Å². The lowest BCUT2D eigenvalue weighted by Gasteiger charge is -2.32. The first-order valence-electron chi connectivity index (χ1n) is 4.86. The quantitative estimate of drug-likeness (QED) is 0.676. The predicted molar refractivity (Wildman–Crippen MR) is 53.3 cm³/mol. The van der Waals surface area contributed by atoms with Gasteiger partial charge in [-0.3, -0.25) is 0 Å². The summed E-state index contributed by atoms with van der Waals surface area (Å²) in [6, 6.07) is 0. The van der Waals surface area contributed by atoms with Crippen LogP contribution in [-0.4, -0.2) is 18.0 Å². The molecule has 0 saturated heterocycles. The summed E-state index contributed by atoms with van der Waals surface area (Å²) in [6.45, 7) is 2.15. The van der Waals surface area contributed by atoms with E-state index in [1.165, 1.54) is 0 Å². The minimum absolute atomic E-state index is 0.0995.